The van der Waals surface area contributed by atoms with Gasteiger partial charge in [0.05, 0.1) is 5.69 Å². The first-order valence-corrected chi connectivity index (χ1v) is 7.69. The predicted octanol–water partition coefficient (Wildman–Crippen LogP) is 3.75. The molecule has 0 aromatic heterocycles. The zero-order chi connectivity index (χ0) is 16.4. The van der Waals surface area contributed by atoms with E-state index in [4.69, 9.17) is 5.11 Å². The number of unbranched alkanes of at least 4 members (excludes halogenated alkanes) is 2. The maximum Gasteiger partial charge on any atom is 0.404 e. The van der Waals surface area contributed by atoms with Crippen molar-refractivity contribution in [2.45, 2.75) is 45.1 Å². The van der Waals surface area contributed by atoms with Crippen LogP contribution in [0.2, 0.25) is 0 Å². The minimum Gasteiger partial charge on any atom is -0.506 e. The largest absolute Gasteiger partial charge is 0.506 e. The van der Waals surface area contributed by atoms with E-state index < -0.39 is 6.09 Å². The fourth-order valence-electron chi connectivity index (χ4n) is 2.19. The average Bonchev–Trinajstić information content (AvgIpc) is 2.46. The van der Waals surface area contributed by atoms with Gasteiger partial charge in [-0.1, -0.05) is 12.1 Å². The number of aryl methyl sites for hydroxylation is 1. The third-order valence-electron chi connectivity index (χ3n) is 3.45. The van der Waals surface area contributed by atoms with Gasteiger partial charge in [0.15, 0.2) is 0 Å². The number of phenolic OH excluding ortho intramolecular Hbond substituents is 1. The summed E-state index contributed by atoms with van der Waals surface area (Å²) in [4.78, 5) is 10.5. The highest BCUT2D eigenvalue weighted by Crippen LogP contribution is 2.25. The predicted molar refractivity (Wildman–Crippen MR) is 89.6 cm³/mol. The third kappa shape index (κ3) is 7.02. The van der Waals surface area contributed by atoms with E-state index in [1.54, 1.807) is 6.07 Å². The second-order valence-corrected chi connectivity index (χ2v) is 5.45. The maximum atomic E-state index is 10.5. The molecule has 5 nitrogen and oxygen atoms in total. The summed E-state index contributed by atoms with van der Waals surface area (Å²) < 4.78 is 0. The lowest BCUT2D eigenvalue weighted by Crippen LogP contribution is -2.31. The summed E-state index contributed by atoms with van der Waals surface area (Å²) >= 11 is 0. The molecule has 5 heteroatoms. The smallest absolute Gasteiger partial charge is 0.404 e. The first kappa shape index (κ1) is 17.9. The number of nitrogens with one attached hydrogen (secondary N) is 2. The van der Waals surface area contributed by atoms with Gasteiger partial charge in [-0.15, -0.1) is 6.58 Å². The van der Waals surface area contributed by atoms with Gasteiger partial charge in [-0.25, -0.2) is 4.79 Å². The van der Waals surface area contributed by atoms with E-state index in [9.17, 15) is 9.90 Å². The normalized spacial score (nSPS) is 11.7. The van der Waals surface area contributed by atoms with E-state index in [0.717, 1.165) is 37.1 Å². The summed E-state index contributed by atoms with van der Waals surface area (Å²) in [6.07, 6.45) is 5.44. The lowest BCUT2D eigenvalue weighted by molar-refractivity contribution is 0.190. The number of rotatable bonds is 10. The van der Waals surface area contributed by atoms with Gasteiger partial charge in [0.25, 0.3) is 0 Å². The molecular formula is C17H26N2O3. The molecule has 0 aliphatic heterocycles. The Hall–Kier alpha value is -2.17. The summed E-state index contributed by atoms with van der Waals surface area (Å²) in [7, 11) is 0. The zero-order valence-corrected chi connectivity index (χ0v) is 13.1. The van der Waals surface area contributed by atoms with E-state index in [2.05, 4.69) is 17.2 Å². The SMILES string of the molecule is C=CCCCCNc1ccc(CC[C@H](C)NC(=O)O)cc1O. The third-order valence-corrected chi connectivity index (χ3v) is 3.45. The van der Waals surface area contributed by atoms with Crippen molar-refractivity contribution in [3.8, 4) is 5.75 Å². The Balaban J connectivity index is 2.40. The van der Waals surface area contributed by atoms with Crippen LogP contribution in [-0.2, 0) is 6.42 Å². The lowest BCUT2D eigenvalue weighted by atomic mass is 10.1. The molecule has 0 fully saturated rings. The molecule has 122 valence electrons. The second kappa shape index (κ2) is 9.71. The zero-order valence-electron chi connectivity index (χ0n) is 13.1. The highest BCUT2D eigenvalue weighted by molar-refractivity contribution is 5.64. The van der Waals surface area contributed by atoms with E-state index in [0.29, 0.717) is 12.8 Å². The Morgan fingerprint density at radius 2 is 2.18 bits per heavy atom. The summed E-state index contributed by atoms with van der Waals surface area (Å²) in [5, 5.41) is 24.3. The van der Waals surface area contributed by atoms with Gasteiger partial charge in [-0.05, 0) is 56.7 Å². The number of amides is 1. The molecule has 0 heterocycles. The second-order valence-electron chi connectivity index (χ2n) is 5.45. The van der Waals surface area contributed by atoms with Crippen molar-refractivity contribution in [3.05, 3.63) is 36.4 Å². The van der Waals surface area contributed by atoms with Gasteiger partial charge in [0, 0.05) is 12.6 Å². The van der Waals surface area contributed by atoms with Crippen LogP contribution in [0.4, 0.5) is 10.5 Å². The first-order chi connectivity index (χ1) is 10.5. The van der Waals surface area contributed by atoms with Crippen LogP contribution in [0.5, 0.6) is 5.75 Å². The van der Waals surface area contributed by atoms with Crippen molar-refractivity contribution in [1.29, 1.82) is 0 Å². The molecule has 0 bridgehead atoms. The lowest BCUT2D eigenvalue weighted by Gasteiger charge is -2.13. The number of carboxylic acid groups (broad SMARTS) is 1. The van der Waals surface area contributed by atoms with Gasteiger partial charge in [0.2, 0.25) is 0 Å². The molecule has 0 aliphatic carbocycles. The number of carbonyl (C=O) groups is 1. The van der Waals surface area contributed by atoms with Gasteiger partial charge in [0.1, 0.15) is 5.75 Å². The fourth-order valence-corrected chi connectivity index (χ4v) is 2.19. The minimum absolute atomic E-state index is 0.109. The van der Waals surface area contributed by atoms with Crippen LogP contribution in [0.1, 0.15) is 38.2 Å². The van der Waals surface area contributed by atoms with Crippen molar-refractivity contribution in [3.63, 3.8) is 0 Å². The molecule has 22 heavy (non-hydrogen) atoms. The quantitative estimate of drug-likeness (QED) is 0.301. The van der Waals surface area contributed by atoms with E-state index in [-0.39, 0.29) is 11.8 Å². The van der Waals surface area contributed by atoms with Crippen LogP contribution in [-0.4, -0.2) is 28.9 Å². The van der Waals surface area contributed by atoms with E-state index >= 15 is 0 Å². The molecule has 4 N–H and O–H groups in total. The van der Waals surface area contributed by atoms with Crippen molar-refractivity contribution < 1.29 is 15.0 Å². The standard InChI is InChI=1S/C17H26N2O3/c1-3-4-5-6-11-18-15-10-9-14(12-16(15)20)8-7-13(2)19-17(21)22/h3,9-10,12-13,18-20H,1,4-8,11H2,2H3,(H,21,22)/t13-/m0/s1. The van der Waals surface area contributed by atoms with Crippen molar-refractivity contribution >= 4 is 11.8 Å². The van der Waals surface area contributed by atoms with Crippen LogP contribution in [0.15, 0.2) is 30.9 Å². The Labute approximate surface area is 132 Å². The topological polar surface area (TPSA) is 81.6 Å². The summed E-state index contributed by atoms with van der Waals surface area (Å²) in [5.41, 5.74) is 1.73. The monoisotopic (exact) mass is 306 g/mol. The average molecular weight is 306 g/mol. The number of aromatic hydroxyl groups is 1. The van der Waals surface area contributed by atoms with Crippen LogP contribution in [0.25, 0.3) is 0 Å². The van der Waals surface area contributed by atoms with Crippen molar-refractivity contribution in [2.24, 2.45) is 0 Å². The van der Waals surface area contributed by atoms with Crippen LogP contribution < -0.4 is 10.6 Å². The molecule has 0 radical (unpaired) electrons. The summed E-state index contributed by atoms with van der Waals surface area (Å²) in [6.45, 7) is 6.33. The molecular weight excluding hydrogens is 280 g/mol. The number of benzene rings is 1. The first-order valence-electron chi connectivity index (χ1n) is 7.69. The van der Waals surface area contributed by atoms with Crippen LogP contribution in [0, 0.1) is 0 Å². The molecule has 0 saturated heterocycles. The molecule has 0 saturated carbocycles. The van der Waals surface area contributed by atoms with Gasteiger partial charge < -0.3 is 20.8 Å². The van der Waals surface area contributed by atoms with Crippen molar-refractivity contribution in [2.75, 3.05) is 11.9 Å². The number of hydrogen-bond acceptors (Lipinski definition) is 3. The Kier molecular flexibility index (Phi) is 7.89. The Morgan fingerprint density at radius 3 is 2.82 bits per heavy atom. The van der Waals surface area contributed by atoms with E-state index in [1.165, 1.54) is 0 Å². The summed E-state index contributed by atoms with van der Waals surface area (Å²) in [6, 6.07) is 5.45. The maximum absolute atomic E-state index is 10.5. The highest BCUT2D eigenvalue weighted by Gasteiger charge is 2.07. The molecule has 0 spiro atoms. The Morgan fingerprint density at radius 1 is 1.41 bits per heavy atom. The van der Waals surface area contributed by atoms with Gasteiger partial charge in [-0.2, -0.15) is 0 Å². The van der Waals surface area contributed by atoms with Gasteiger partial charge >= 0.3 is 6.09 Å². The molecule has 1 atom stereocenters. The highest BCUT2D eigenvalue weighted by atomic mass is 16.4. The van der Waals surface area contributed by atoms with Crippen LogP contribution >= 0.6 is 0 Å². The summed E-state index contributed by atoms with van der Waals surface area (Å²) in [5.74, 6) is 0.236. The van der Waals surface area contributed by atoms with E-state index in [1.807, 2.05) is 25.1 Å². The van der Waals surface area contributed by atoms with Gasteiger partial charge in [-0.3, -0.25) is 0 Å². The molecule has 0 aliphatic rings. The van der Waals surface area contributed by atoms with Crippen molar-refractivity contribution in [1.82, 2.24) is 5.32 Å². The molecule has 1 amide bonds. The Bertz CT molecular complexity index is 489. The number of phenols is 1. The molecule has 1 rings (SSSR count). The van der Waals surface area contributed by atoms with Crippen LogP contribution in [0.3, 0.4) is 0 Å². The minimum atomic E-state index is -1.01. The molecule has 0 unspecified atom stereocenters. The molecule has 1 aromatic rings. The number of allylic oxidation sites excluding steroid dienone is 1. The number of hydrogen-bond donors (Lipinski definition) is 4. The fraction of sp³-hybridized carbons (Fsp3) is 0.471. The molecule has 1 aromatic carbocycles. The number of anilines is 1.